The van der Waals surface area contributed by atoms with Gasteiger partial charge in [-0.15, -0.1) is 13.2 Å². The molecule has 0 spiro atoms. The highest BCUT2D eigenvalue weighted by molar-refractivity contribution is 7.89. The highest BCUT2D eigenvalue weighted by Crippen LogP contribution is 2.35. The smallest absolute Gasteiger partial charge is 0.447 e. The number of piperidine rings is 1. The first kappa shape index (κ1) is 30.8. The van der Waals surface area contributed by atoms with Crippen LogP contribution in [-0.2, 0) is 19.5 Å². The molecule has 1 fully saturated rings. The number of carbonyl (C=O) groups is 1. The number of halogens is 3. The van der Waals surface area contributed by atoms with Crippen molar-refractivity contribution >= 4 is 28.3 Å². The van der Waals surface area contributed by atoms with E-state index in [4.69, 9.17) is 4.74 Å². The lowest BCUT2D eigenvalue weighted by atomic mass is 9.85. The van der Waals surface area contributed by atoms with Crippen LogP contribution in [0.2, 0.25) is 0 Å². The Balaban J connectivity index is 1.31. The highest BCUT2D eigenvalue weighted by atomic mass is 32.2. The lowest BCUT2D eigenvalue weighted by Gasteiger charge is -2.40. The second-order valence-electron chi connectivity index (χ2n) is 11.1. The number of rotatable bonds is 6. The van der Waals surface area contributed by atoms with Gasteiger partial charge >= 0.3 is 12.5 Å². The van der Waals surface area contributed by atoms with Crippen LogP contribution in [0.4, 0.5) is 18.0 Å². The predicted molar refractivity (Wildman–Crippen MR) is 154 cm³/mol. The first-order valence-electron chi connectivity index (χ1n) is 14.1. The van der Waals surface area contributed by atoms with Crippen molar-refractivity contribution in [1.29, 1.82) is 0 Å². The molecule has 1 N–H and O–H groups in total. The lowest BCUT2D eigenvalue weighted by molar-refractivity contribution is -0.337. The number of sulfonamides is 1. The Morgan fingerprint density at radius 2 is 1.91 bits per heavy atom. The molecule has 5 rings (SSSR count). The van der Waals surface area contributed by atoms with E-state index in [1.54, 1.807) is 56.3 Å². The maximum absolute atomic E-state index is 13.4. The number of carbonyl (C=O) groups excluding carboxylic acids is 1. The van der Waals surface area contributed by atoms with E-state index < -0.39 is 52.8 Å². The van der Waals surface area contributed by atoms with Crippen LogP contribution in [0.3, 0.4) is 0 Å². The van der Waals surface area contributed by atoms with Gasteiger partial charge in [-0.05, 0) is 51.3 Å². The second kappa shape index (κ2) is 12.2. The highest BCUT2D eigenvalue weighted by Gasteiger charge is 2.43. The number of amidine groups is 1. The van der Waals surface area contributed by atoms with Gasteiger partial charge in [0, 0.05) is 25.2 Å². The van der Waals surface area contributed by atoms with Gasteiger partial charge in [0.1, 0.15) is 18.3 Å². The van der Waals surface area contributed by atoms with E-state index in [-0.39, 0.29) is 10.8 Å². The molecule has 14 heteroatoms. The van der Waals surface area contributed by atoms with Crippen molar-refractivity contribution < 1.29 is 35.9 Å². The third kappa shape index (κ3) is 6.96. The molecule has 0 saturated carbocycles. The van der Waals surface area contributed by atoms with Crippen molar-refractivity contribution in [3.63, 3.8) is 0 Å². The van der Waals surface area contributed by atoms with Crippen molar-refractivity contribution in [2.24, 2.45) is 21.8 Å². The molecule has 1 saturated heterocycles. The normalized spacial score (nSPS) is 27.2. The molecule has 0 radical (unpaired) electrons. The number of aryl methyl sites for hydroxylation is 1. The zero-order chi connectivity index (χ0) is 30.9. The summed E-state index contributed by atoms with van der Waals surface area (Å²) in [6.45, 7) is 6.33. The van der Waals surface area contributed by atoms with Crippen molar-refractivity contribution in [2.75, 3.05) is 13.1 Å². The SMILES string of the molecule is Cc1ccc(S(=O)(=O)N2C=CC3C(N4CCCC(C5=CC(NC(=O)OC(C)C)C(OC(F)(F)F)C=C5)C4)=NC=NC32)cc1. The van der Waals surface area contributed by atoms with Crippen LogP contribution in [0.25, 0.3) is 0 Å². The fourth-order valence-corrected chi connectivity index (χ4v) is 7.11. The number of amides is 1. The topological polar surface area (TPSA) is 113 Å². The number of likely N-dealkylation sites (tertiary alicyclic amines) is 1. The monoisotopic (exact) mass is 621 g/mol. The molecule has 43 heavy (non-hydrogen) atoms. The van der Waals surface area contributed by atoms with Crippen LogP contribution in [0.15, 0.2) is 75.2 Å². The quantitative estimate of drug-likeness (QED) is 0.500. The average molecular weight is 622 g/mol. The molecule has 232 valence electrons. The lowest BCUT2D eigenvalue weighted by Crippen LogP contribution is -2.49. The Bertz CT molecular complexity index is 1470. The van der Waals surface area contributed by atoms with Crippen LogP contribution in [0, 0.1) is 18.8 Å². The first-order chi connectivity index (χ1) is 20.3. The molecule has 5 unspecified atom stereocenters. The summed E-state index contributed by atoms with van der Waals surface area (Å²) in [6, 6.07) is 5.54. The molecule has 0 aromatic heterocycles. The number of benzene rings is 1. The maximum atomic E-state index is 13.4. The summed E-state index contributed by atoms with van der Waals surface area (Å²) >= 11 is 0. The maximum Gasteiger partial charge on any atom is 0.523 e. The summed E-state index contributed by atoms with van der Waals surface area (Å²) in [4.78, 5) is 23.4. The van der Waals surface area contributed by atoms with Crippen molar-refractivity contribution in [2.45, 2.75) is 69.3 Å². The number of nitrogens with one attached hydrogen (secondary N) is 1. The molecule has 5 atom stereocenters. The third-order valence-corrected chi connectivity index (χ3v) is 9.40. The van der Waals surface area contributed by atoms with E-state index in [1.165, 1.54) is 22.9 Å². The minimum Gasteiger partial charge on any atom is -0.447 e. The molecule has 3 heterocycles. The van der Waals surface area contributed by atoms with Gasteiger partial charge in [0.25, 0.3) is 10.0 Å². The summed E-state index contributed by atoms with van der Waals surface area (Å²) in [6.07, 6.45) is 2.38. The molecule has 3 aliphatic heterocycles. The second-order valence-corrected chi connectivity index (χ2v) is 13.0. The fraction of sp³-hybridized carbons (Fsp3) is 0.483. The minimum absolute atomic E-state index is 0.0833. The molecular weight excluding hydrogens is 587 g/mol. The van der Waals surface area contributed by atoms with Crippen molar-refractivity contribution in [1.82, 2.24) is 14.5 Å². The number of aliphatic imine (C=N–C) groups is 2. The Hall–Kier alpha value is -3.65. The summed E-state index contributed by atoms with van der Waals surface area (Å²) in [5, 5.41) is 2.49. The van der Waals surface area contributed by atoms with E-state index in [9.17, 15) is 26.4 Å². The number of hydrogen-bond acceptors (Lipinski definition) is 8. The van der Waals surface area contributed by atoms with Gasteiger partial charge in [0.15, 0.2) is 6.17 Å². The Labute approximate surface area is 248 Å². The number of allylic oxidation sites excluding steroid dienone is 1. The minimum atomic E-state index is -4.89. The van der Waals surface area contributed by atoms with Gasteiger partial charge < -0.3 is 15.0 Å². The number of fused-ring (bicyclic) bond motifs is 1. The number of hydrogen-bond donors (Lipinski definition) is 1. The Morgan fingerprint density at radius 3 is 2.60 bits per heavy atom. The standard InChI is InChI=1S/C29H34F3N5O5S/c1-18(2)41-28(38)35-24-15-20(8-11-25(24)42-29(30,31)32)21-5-4-13-36(16-21)26-23-12-14-37(27(23)34-17-33-26)43(39,40)22-9-6-19(3)7-10-22/h6-12,14-15,17-18,21,23-25,27H,4-5,13,16H2,1-3H3,(H,35,38). The van der Waals surface area contributed by atoms with Gasteiger partial charge in [0.2, 0.25) is 0 Å². The van der Waals surface area contributed by atoms with Crippen molar-refractivity contribution in [3.05, 3.63) is 65.9 Å². The fourth-order valence-electron chi connectivity index (χ4n) is 5.68. The van der Waals surface area contributed by atoms with E-state index in [2.05, 4.69) is 24.9 Å². The summed E-state index contributed by atoms with van der Waals surface area (Å²) in [5.74, 6) is 0.195. The summed E-state index contributed by atoms with van der Waals surface area (Å²) < 4.78 is 76.8. The molecule has 1 aliphatic carbocycles. The van der Waals surface area contributed by atoms with E-state index in [1.807, 2.05) is 6.92 Å². The Morgan fingerprint density at radius 1 is 1.16 bits per heavy atom. The zero-order valence-corrected chi connectivity index (χ0v) is 24.8. The number of alkyl carbamates (subject to hydrolysis) is 1. The molecule has 1 aromatic rings. The van der Waals surface area contributed by atoms with Crippen LogP contribution in [0.1, 0.15) is 32.3 Å². The third-order valence-electron chi connectivity index (χ3n) is 7.64. The average Bonchev–Trinajstić information content (AvgIpc) is 3.38. The largest absolute Gasteiger partial charge is 0.523 e. The molecule has 0 bridgehead atoms. The van der Waals surface area contributed by atoms with E-state index in [0.717, 1.165) is 24.0 Å². The number of ether oxygens (including phenoxy) is 2. The van der Waals surface area contributed by atoms with Gasteiger partial charge in [-0.25, -0.2) is 27.5 Å². The predicted octanol–water partition coefficient (Wildman–Crippen LogP) is 4.51. The van der Waals surface area contributed by atoms with Gasteiger partial charge in [0.05, 0.1) is 23.0 Å². The summed E-state index contributed by atoms with van der Waals surface area (Å²) in [5.41, 5.74) is 1.70. The molecule has 1 aromatic carbocycles. The van der Waals surface area contributed by atoms with E-state index >= 15 is 0 Å². The molecule has 1 amide bonds. The first-order valence-corrected chi connectivity index (χ1v) is 15.5. The molecular formula is C29H34F3N5O5S. The van der Waals surface area contributed by atoms with E-state index in [0.29, 0.717) is 18.9 Å². The van der Waals surface area contributed by atoms with Crippen LogP contribution in [0.5, 0.6) is 0 Å². The number of nitrogens with zero attached hydrogens (tertiary/aromatic N) is 4. The number of alkyl halides is 3. The van der Waals surface area contributed by atoms with Crippen molar-refractivity contribution in [3.8, 4) is 0 Å². The zero-order valence-electron chi connectivity index (χ0n) is 23.9. The van der Waals surface area contributed by atoms with Gasteiger partial charge in [-0.1, -0.05) is 42.0 Å². The van der Waals surface area contributed by atoms with Gasteiger partial charge in [-0.3, -0.25) is 4.74 Å². The Kier molecular flexibility index (Phi) is 8.70. The van der Waals surface area contributed by atoms with Crippen LogP contribution >= 0.6 is 0 Å². The van der Waals surface area contributed by atoms with Crippen LogP contribution < -0.4 is 5.32 Å². The summed E-state index contributed by atoms with van der Waals surface area (Å²) in [7, 11) is -3.85. The van der Waals surface area contributed by atoms with Crippen LogP contribution in [-0.4, -0.2) is 79.8 Å². The molecule has 4 aliphatic rings. The molecule has 10 nitrogen and oxygen atoms in total. The van der Waals surface area contributed by atoms with Gasteiger partial charge in [-0.2, -0.15) is 0 Å².